The Morgan fingerprint density at radius 3 is 2.78 bits per heavy atom. The Hall–Kier alpha value is -1.30. The molecule has 1 aliphatic carbocycles. The van der Waals surface area contributed by atoms with E-state index in [1.54, 1.807) is 0 Å². The minimum absolute atomic E-state index is 0.319. The first-order valence-corrected chi connectivity index (χ1v) is 6.49. The minimum atomic E-state index is -1.11. The number of aliphatic carboxylic acids is 1. The summed E-state index contributed by atoms with van der Waals surface area (Å²) in [5.41, 5.74) is 4.22. The van der Waals surface area contributed by atoms with Crippen LogP contribution in [0.1, 0.15) is 39.0 Å². The van der Waals surface area contributed by atoms with Gasteiger partial charge < -0.3 is 21.5 Å². The first-order valence-electron chi connectivity index (χ1n) is 6.49. The van der Waals surface area contributed by atoms with Gasteiger partial charge in [-0.15, -0.1) is 0 Å². The fourth-order valence-corrected chi connectivity index (χ4v) is 2.48. The lowest BCUT2D eigenvalue weighted by atomic mass is 9.76. The van der Waals surface area contributed by atoms with Crippen LogP contribution in [0.3, 0.4) is 0 Å². The van der Waals surface area contributed by atoms with Crippen molar-refractivity contribution in [2.75, 3.05) is 13.1 Å². The van der Waals surface area contributed by atoms with E-state index in [1.165, 1.54) is 0 Å². The zero-order valence-corrected chi connectivity index (χ0v) is 10.9. The van der Waals surface area contributed by atoms with E-state index in [1.807, 2.05) is 6.92 Å². The standard InChI is InChI=1S/C12H23N3O3/c1-9-4-2-5-12(8-9,10(16)17)15-11(18)14-7-3-6-13/h9H,2-8,13H2,1H3,(H,16,17)(H2,14,15,18). The highest BCUT2D eigenvalue weighted by Gasteiger charge is 2.43. The van der Waals surface area contributed by atoms with E-state index < -0.39 is 17.5 Å². The van der Waals surface area contributed by atoms with Crippen LogP contribution in [0.25, 0.3) is 0 Å². The summed E-state index contributed by atoms with van der Waals surface area (Å²) < 4.78 is 0. The molecule has 2 unspecified atom stereocenters. The Morgan fingerprint density at radius 2 is 2.22 bits per heavy atom. The average Bonchev–Trinajstić information content (AvgIpc) is 2.29. The number of rotatable bonds is 5. The summed E-state index contributed by atoms with van der Waals surface area (Å²) in [6.45, 7) is 2.99. The molecular weight excluding hydrogens is 234 g/mol. The topological polar surface area (TPSA) is 104 Å². The van der Waals surface area contributed by atoms with Crippen molar-refractivity contribution >= 4 is 12.0 Å². The number of carboxylic acids is 1. The molecular formula is C12H23N3O3. The van der Waals surface area contributed by atoms with E-state index >= 15 is 0 Å². The first-order chi connectivity index (χ1) is 8.50. The largest absolute Gasteiger partial charge is 0.480 e. The molecule has 18 heavy (non-hydrogen) atoms. The normalized spacial score (nSPS) is 27.6. The molecule has 0 spiro atoms. The Balaban J connectivity index is 2.57. The Kier molecular flexibility index (Phi) is 5.40. The molecule has 0 aromatic heterocycles. The van der Waals surface area contributed by atoms with Gasteiger partial charge >= 0.3 is 12.0 Å². The molecule has 6 nitrogen and oxygen atoms in total. The molecule has 1 rings (SSSR count). The summed E-state index contributed by atoms with van der Waals surface area (Å²) in [5.74, 6) is -0.623. The summed E-state index contributed by atoms with van der Waals surface area (Å²) >= 11 is 0. The highest BCUT2D eigenvalue weighted by molar-refractivity contribution is 5.86. The van der Waals surface area contributed by atoms with Crippen LogP contribution in [0.2, 0.25) is 0 Å². The fourth-order valence-electron chi connectivity index (χ4n) is 2.48. The van der Waals surface area contributed by atoms with Crippen LogP contribution in [-0.2, 0) is 4.79 Å². The lowest BCUT2D eigenvalue weighted by Crippen LogP contribution is -2.59. The fraction of sp³-hybridized carbons (Fsp3) is 0.833. The van der Waals surface area contributed by atoms with Crippen molar-refractivity contribution < 1.29 is 14.7 Å². The molecule has 0 aromatic carbocycles. The molecule has 104 valence electrons. The van der Waals surface area contributed by atoms with Gasteiger partial charge in [-0.05, 0) is 31.7 Å². The summed E-state index contributed by atoms with van der Waals surface area (Å²) in [5, 5.41) is 14.6. The number of hydrogen-bond acceptors (Lipinski definition) is 3. The van der Waals surface area contributed by atoms with E-state index in [9.17, 15) is 14.7 Å². The zero-order valence-electron chi connectivity index (χ0n) is 10.9. The molecule has 6 heteroatoms. The lowest BCUT2D eigenvalue weighted by molar-refractivity contribution is -0.146. The number of nitrogens with two attached hydrogens (primary N) is 1. The van der Waals surface area contributed by atoms with Gasteiger partial charge in [0.15, 0.2) is 0 Å². The van der Waals surface area contributed by atoms with Crippen molar-refractivity contribution in [2.45, 2.75) is 44.6 Å². The second-order valence-corrected chi connectivity index (χ2v) is 5.11. The van der Waals surface area contributed by atoms with Crippen molar-refractivity contribution in [3.63, 3.8) is 0 Å². The van der Waals surface area contributed by atoms with Gasteiger partial charge in [-0.25, -0.2) is 9.59 Å². The Bertz CT molecular complexity index is 309. The molecule has 0 radical (unpaired) electrons. The third kappa shape index (κ3) is 3.87. The summed E-state index contributed by atoms with van der Waals surface area (Å²) in [4.78, 5) is 23.1. The second kappa shape index (κ2) is 6.58. The van der Waals surface area contributed by atoms with Crippen LogP contribution in [0.15, 0.2) is 0 Å². The summed E-state index contributed by atoms with van der Waals surface area (Å²) in [6.07, 6.45) is 3.52. The molecule has 5 N–H and O–H groups in total. The van der Waals surface area contributed by atoms with Crippen LogP contribution >= 0.6 is 0 Å². The highest BCUT2D eigenvalue weighted by Crippen LogP contribution is 2.32. The SMILES string of the molecule is CC1CCCC(NC(=O)NCCCN)(C(=O)O)C1. The Labute approximate surface area is 107 Å². The van der Waals surface area contributed by atoms with Gasteiger partial charge in [-0.3, -0.25) is 0 Å². The Morgan fingerprint density at radius 1 is 1.50 bits per heavy atom. The van der Waals surface area contributed by atoms with Crippen molar-refractivity contribution in [3.8, 4) is 0 Å². The smallest absolute Gasteiger partial charge is 0.329 e. The summed E-state index contributed by atoms with van der Waals surface area (Å²) in [7, 11) is 0. The minimum Gasteiger partial charge on any atom is -0.480 e. The third-order valence-corrected chi connectivity index (χ3v) is 3.43. The molecule has 0 saturated heterocycles. The van der Waals surface area contributed by atoms with E-state index in [4.69, 9.17) is 5.73 Å². The van der Waals surface area contributed by atoms with E-state index in [-0.39, 0.29) is 0 Å². The quantitative estimate of drug-likeness (QED) is 0.543. The number of carbonyl (C=O) groups excluding carboxylic acids is 1. The molecule has 0 aromatic rings. The highest BCUT2D eigenvalue weighted by atomic mass is 16.4. The lowest BCUT2D eigenvalue weighted by Gasteiger charge is -2.37. The van der Waals surface area contributed by atoms with Gasteiger partial charge in [0, 0.05) is 6.54 Å². The van der Waals surface area contributed by atoms with Crippen molar-refractivity contribution in [3.05, 3.63) is 0 Å². The number of carboxylic acid groups (broad SMARTS) is 1. The molecule has 0 heterocycles. The molecule has 0 bridgehead atoms. The number of amides is 2. The first kappa shape index (κ1) is 14.8. The van der Waals surface area contributed by atoms with Crippen LogP contribution < -0.4 is 16.4 Å². The summed E-state index contributed by atoms with van der Waals surface area (Å²) in [6, 6.07) is -0.417. The van der Waals surface area contributed by atoms with E-state index in [0.717, 1.165) is 12.8 Å². The molecule has 1 aliphatic rings. The predicted octanol–water partition coefficient (Wildman–Crippen LogP) is 0.668. The molecule has 0 aliphatic heterocycles. The van der Waals surface area contributed by atoms with Gasteiger partial charge in [0.05, 0.1) is 0 Å². The molecule has 2 amide bonds. The van der Waals surface area contributed by atoms with E-state index in [2.05, 4.69) is 10.6 Å². The van der Waals surface area contributed by atoms with Crippen LogP contribution in [0, 0.1) is 5.92 Å². The van der Waals surface area contributed by atoms with Gasteiger partial charge in [0.2, 0.25) is 0 Å². The van der Waals surface area contributed by atoms with Crippen molar-refractivity contribution in [1.82, 2.24) is 10.6 Å². The molecule has 1 fully saturated rings. The second-order valence-electron chi connectivity index (χ2n) is 5.11. The van der Waals surface area contributed by atoms with Gasteiger partial charge in [0.1, 0.15) is 5.54 Å². The van der Waals surface area contributed by atoms with Crippen molar-refractivity contribution in [2.24, 2.45) is 11.7 Å². The molecule has 2 atom stereocenters. The average molecular weight is 257 g/mol. The van der Waals surface area contributed by atoms with Gasteiger partial charge in [-0.2, -0.15) is 0 Å². The van der Waals surface area contributed by atoms with Gasteiger partial charge in [-0.1, -0.05) is 19.8 Å². The maximum absolute atomic E-state index is 11.7. The van der Waals surface area contributed by atoms with Crippen LogP contribution in [-0.4, -0.2) is 35.7 Å². The monoisotopic (exact) mass is 257 g/mol. The predicted molar refractivity (Wildman–Crippen MR) is 68.2 cm³/mol. The van der Waals surface area contributed by atoms with Crippen LogP contribution in [0.5, 0.6) is 0 Å². The number of hydrogen-bond donors (Lipinski definition) is 4. The number of carbonyl (C=O) groups is 2. The molecule has 1 saturated carbocycles. The maximum Gasteiger partial charge on any atom is 0.329 e. The number of urea groups is 1. The maximum atomic E-state index is 11.7. The van der Waals surface area contributed by atoms with Crippen molar-refractivity contribution in [1.29, 1.82) is 0 Å². The number of nitrogens with one attached hydrogen (secondary N) is 2. The van der Waals surface area contributed by atoms with Crippen LogP contribution in [0.4, 0.5) is 4.79 Å². The zero-order chi connectivity index (χ0) is 13.6. The van der Waals surface area contributed by atoms with Gasteiger partial charge in [0.25, 0.3) is 0 Å². The van der Waals surface area contributed by atoms with E-state index in [0.29, 0.717) is 38.3 Å². The third-order valence-electron chi connectivity index (χ3n) is 3.43.